The molecule has 1 aromatic carbocycles. The van der Waals surface area contributed by atoms with Gasteiger partial charge in [-0.25, -0.2) is 0 Å². The second kappa shape index (κ2) is 6.73. The van der Waals surface area contributed by atoms with Gasteiger partial charge in [-0.05, 0) is 36.1 Å². The lowest BCUT2D eigenvalue weighted by Crippen LogP contribution is -2.30. The highest BCUT2D eigenvalue weighted by atomic mass is 35.5. The molecular weight excluding hydrogens is 278 g/mol. The van der Waals surface area contributed by atoms with Crippen molar-refractivity contribution in [2.75, 3.05) is 6.54 Å². The fourth-order valence-electron chi connectivity index (χ4n) is 1.89. The summed E-state index contributed by atoms with van der Waals surface area (Å²) in [5, 5.41) is 2.03. The molecule has 0 aliphatic heterocycles. The lowest BCUT2D eigenvalue weighted by Gasteiger charge is -2.20. The molecule has 0 bridgehead atoms. The van der Waals surface area contributed by atoms with E-state index < -0.39 is 0 Å². The summed E-state index contributed by atoms with van der Waals surface area (Å²) >= 11 is 7.48. The van der Waals surface area contributed by atoms with Crippen molar-refractivity contribution in [1.82, 2.24) is 4.90 Å². The van der Waals surface area contributed by atoms with Crippen LogP contribution in [0, 0.1) is 0 Å². The number of carbonyl (C=O) groups excluding carboxylic acids is 1. The zero-order valence-electron chi connectivity index (χ0n) is 10.8. The molecule has 2 aromatic rings. The Bertz CT molecular complexity index is 539. The molecule has 0 spiro atoms. The Balaban J connectivity index is 2.15. The first-order chi connectivity index (χ1) is 9.24. The molecule has 4 heteroatoms. The molecule has 2 rings (SSSR count). The van der Waals surface area contributed by atoms with Gasteiger partial charge in [0.05, 0.1) is 6.54 Å². The molecule has 0 aliphatic rings. The van der Waals surface area contributed by atoms with Crippen molar-refractivity contribution in [1.29, 1.82) is 0 Å². The molecule has 1 aromatic heterocycles. The van der Waals surface area contributed by atoms with E-state index in [4.69, 9.17) is 11.6 Å². The van der Waals surface area contributed by atoms with E-state index in [-0.39, 0.29) is 5.91 Å². The number of nitrogens with zero attached hydrogens (tertiary/aromatic N) is 1. The van der Waals surface area contributed by atoms with Crippen molar-refractivity contribution in [3.63, 3.8) is 0 Å². The average Bonchev–Trinajstić information content (AvgIpc) is 2.97. The van der Waals surface area contributed by atoms with Crippen molar-refractivity contribution in [2.24, 2.45) is 0 Å². The fraction of sp³-hybridized carbons (Fsp3) is 0.267. The van der Waals surface area contributed by atoms with Crippen LogP contribution in [0.5, 0.6) is 0 Å². The number of rotatable bonds is 5. The summed E-state index contributed by atoms with van der Waals surface area (Å²) in [5.41, 5.74) is 1.68. The molecule has 1 heterocycles. The lowest BCUT2D eigenvalue weighted by molar-refractivity contribution is 0.0754. The van der Waals surface area contributed by atoms with Gasteiger partial charge in [0, 0.05) is 22.9 Å². The van der Waals surface area contributed by atoms with Crippen LogP contribution in [0.25, 0.3) is 0 Å². The number of thiophene rings is 1. The van der Waals surface area contributed by atoms with E-state index in [1.54, 1.807) is 11.3 Å². The maximum absolute atomic E-state index is 12.5. The second-order valence-electron chi connectivity index (χ2n) is 4.23. The molecule has 0 saturated carbocycles. The fourth-order valence-corrected chi connectivity index (χ4v) is 2.77. The number of hydrogen-bond donors (Lipinski definition) is 0. The van der Waals surface area contributed by atoms with Crippen LogP contribution in [-0.2, 0) is 12.4 Å². The van der Waals surface area contributed by atoms with E-state index >= 15 is 0 Å². The Labute approximate surface area is 122 Å². The van der Waals surface area contributed by atoms with Crippen LogP contribution in [0.15, 0.2) is 41.8 Å². The highest BCUT2D eigenvalue weighted by Gasteiger charge is 2.15. The van der Waals surface area contributed by atoms with Crippen LogP contribution in [0.3, 0.4) is 0 Å². The Morgan fingerprint density at radius 1 is 1.32 bits per heavy atom. The molecule has 1 amide bonds. The summed E-state index contributed by atoms with van der Waals surface area (Å²) in [6.07, 6.45) is 0. The number of alkyl halides is 1. The molecule has 2 nitrogen and oxygen atoms in total. The minimum Gasteiger partial charge on any atom is -0.334 e. The molecular formula is C15H16ClNOS. The van der Waals surface area contributed by atoms with E-state index in [2.05, 4.69) is 6.07 Å². The van der Waals surface area contributed by atoms with Gasteiger partial charge in [-0.2, -0.15) is 0 Å². The molecule has 0 atom stereocenters. The summed E-state index contributed by atoms with van der Waals surface area (Å²) < 4.78 is 0. The van der Waals surface area contributed by atoms with Crippen LogP contribution in [0.1, 0.15) is 27.7 Å². The topological polar surface area (TPSA) is 20.3 Å². The Hall–Kier alpha value is -1.32. The van der Waals surface area contributed by atoms with Gasteiger partial charge in [-0.1, -0.05) is 18.2 Å². The summed E-state index contributed by atoms with van der Waals surface area (Å²) in [5.74, 6) is 0.487. The van der Waals surface area contributed by atoms with Crippen LogP contribution >= 0.6 is 22.9 Å². The molecule has 0 radical (unpaired) electrons. The highest BCUT2D eigenvalue weighted by Crippen LogP contribution is 2.15. The molecule has 19 heavy (non-hydrogen) atoms. The summed E-state index contributed by atoms with van der Waals surface area (Å²) in [7, 11) is 0. The monoisotopic (exact) mass is 293 g/mol. The lowest BCUT2D eigenvalue weighted by atomic mass is 10.1. The van der Waals surface area contributed by atoms with Gasteiger partial charge in [0.25, 0.3) is 5.91 Å². The standard InChI is InChI=1S/C15H16ClNOS/c1-2-17(11-14-7-4-8-19-14)15(18)13-6-3-5-12(9-13)10-16/h3-9H,2,10-11H2,1H3. The number of benzene rings is 1. The average molecular weight is 294 g/mol. The van der Waals surface area contributed by atoms with Crippen LogP contribution < -0.4 is 0 Å². The third-order valence-corrected chi connectivity index (χ3v) is 4.09. The third kappa shape index (κ3) is 3.58. The van der Waals surface area contributed by atoms with Crippen molar-refractivity contribution >= 4 is 28.8 Å². The largest absolute Gasteiger partial charge is 0.334 e. The maximum atomic E-state index is 12.5. The summed E-state index contributed by atoms with van der Waals surface area (Å²) in [6, 6.07) is 11.6. The number of hydrogen-bond acceptors (Lipinski definition) is 2. The zero-order valence-corrected chi connectivity index (χ0v) is 12.4. The second-order valence-corrected chi connectivity index (χ2v) is 5.53. The van der Waals surface area contributed by atoms with Crippen molar-refractivity contribution in [3.8, 4) is 0 Å². The SMILES string of the molecule is CCN(Cc1cccs1)C(=O)c1cccc(CCl)c1. The zero-order chi connectivity index (χ0) is 13.7. The number of carbonyl (C=O) groups is 1. The van der Waals surface area contributed by atoms with Gasteiger partial charge in [0.2, 0.25) is 0 Å². The molecule has 0 saturated heterocycles. The maximum Gasteiger partial charge on any atom is 0.254 e. The smallest absolute Gasteiger partial charge is 0.254 e. The van der Waals surface area contributed by atoms with Gasteiger partial charge in [-0.3, -0.25) is 4.79 Å². The Morgan fingerprint density at radius 3 is 2.79 bits per heavy atom. The van der Waals surface area contributed by atoms with E-state index in [0.29, 0.717) is 24.5 Å². The Morgan fingerprint density at radius 2 is 2.16 bits per heavy atom. The summed E-state index contributed by atoms with van der Waals surface area (Å²) in [6.45, 7) is 3.36. The van der Waals surface area contributed by atoms with Gasteiger partial charge in [0.15, 0.2) is 0 Å². The van der Waals surface area contributed by atoms with Crippen LogP contribution in [-0.4, -0.2) is 17.4 Å². The Kier molecular flexibility index (Phi) is 5.00. The van der Waals surface area contributed by atoms with Crippen molar-refractivity contribution in [3.05, 3.63) is 57.8 Å². The van der Waals surface area contributed by atoms with E-state index in [1.807, 2.05) is 47.5 Å². The van der Waals surface area contributed by atoms with E-state index in [9.17, 15) is 4.79 Å². The minimum atomic E-state index is 0.0582. The quantitative estimate of drug-likeness (QED) is 0.758. The van der Waals surface area contributed by atoms with Gasteiger partial charge in [-0.15, -0.1) is 22.9 Å². The first-order valence-corrected chi connectivity index (χ1v) is 7.62. The molecule has 0 aliphatic carbocycles. The molecule has 0 unspecified atom stereocenters. The normalized spacial score (nSPS) is 10.4. The van der Waals surface area contributed by atoms with Gasteiger partial charge >= 0.3 is 0 Å². The number of halogens is 1. The van der Waals surface area contributed by atoms with Crippen LogP contribution in [0.4, 0.5) is 0 Å². The molecule has 0 N–H and O–H groups in total. The van der Waals surface area contributed by atoms with E-state index in [1.165, 1.54) is 4.88 Å². The van der Waals surface area contributed by atoms with Gasteiger partial charge < -0.3 is 4.90 Å². The van der Waals surface area contributed by atoms with Crippen molar-refractivity contribution in [2.45, 2.75) is 19.3 Å². The summed E-state index contributed by atoms with van der Waals surface area (Å²) in [4.78, 5) is 15.5. The first kappa shape index (κ1) is 14.1. The van der Waals surface area contributed by atoms with E-state index in [0.717, 1.165) is 5.56 Å². The third-order valence-electron chi connectivity index (χ3n) is 2.92. The van der Waals surface area contributed by atoms with Gasteiger partial charge in [0.1, 0.15) is 0 Å². The predicted octanol–water partition coefficient (Wildman–Crippen LogP) is 4.15. The predicted molar refractivity (Wildman–Crippen MR) is 80.7 cm³/mol. The minimum absolute atomic E-state index is 0.0582. The van der Waals surface area contributed by atoms with Crippen molar-refractivity contribution < 1.29 is 4.79 Å². The molecule has 0 fully saturated rings. The van der Waals surface area contributed by atoms with Crippen LogP contribution in [0.2, 0.25) is 0 Å². The number of amides is 1. The highest BCUT2D eigenvalue weighted by molar-refractivity contribution is 7.09. The molecule has 100 valence electrons. The first-order valence-electron chi connectivity index (χ1n) is 6.21.